The summed E-state index contributed by atoms with van der Waals surface area (Å²) in [5, 5.41) is 0.132. The molecule has 0 fully saturated rings. The molecule has 0 heterocycles. The first kappa shape index (κ1) is 10.8. The van der Waals surface area contributed by atoms with Crippen molar-refractivity contribution in [1.29, 1.82) is 0 Å². The molecule has 2 unspecified atom stereocenters. The first-order valence-electron chi connectivity index (χ1n) is 3.86. The number of carbonyl (C=O) groups excluding carboxylic acids is 1. The van der Waals surface area contributed by atoms with Crippen molar-refractivity contribution in [2.24, 2.45) is 5.92 Å². The van der Waals surface area contributed by atoms with Gasteiger partial charge in [0.05, 0.1) is 13.5 Å². The van der Waals surface area contributed by atoms with Crippen LogP contribution in [0.2, 0.25) is 0 Å². The van der Waals surface area contributed by atoms with E-state index in [9.17, 15) is 4.79 Å². The third-order valence-electron chi connectivity index (χ3n) is 1.90. The number of hydrogen-bond donors (Lipinski definition) is 1. The van der Waals surface area contributed by atoms with Gasteiger partial charge in [0.1, 0.15) is 0 Å². The molecule has 66 valence electrons. The molecule has 0 spiro atoms. The van der Waals surface area contributed by atoms with Crippen molar-refractivity contribution in [1.82, 2.24) is 0 Å². The van der Waals surface area contributed by atoms with Crippen molar-refractivity contribution in [3.05, 3.63) is 0 Å². The van der Waals surface area contributed by atoms with Crippen molar-refractivity contribution in [2.45, 2.75) is 31.9 Å². The zero-order chi connectivity index (χ0) is 8.85. The fraction of sp³-hybridized carbons (Fsp3) is 0.875. The Labute approximate surface area is 73.7 Å². The molecule has 0 saturated carbocycles. The number of thiol groups is 1. The molecular formula is C8H16O2S. The number of ether oxygens (including phenoxy) is 1. The lowest BCUT2D eigenvalue weighted by molar-refractivity contribution is -0.140. The quantitative estimate of drug-likeness (QED) is 0.523. The lowest BCUT2D eigenvalue weighted by atomic mass is 10.0. The van der Waals surface area contributed by atoms with Gasteiger partial charge in [-0.2, -0.15) is 12.6 Å². The summed E-state index contributed by atoms with van der Waals surface area (Å²) < 4.78 is 4.53. The van der Waals surface area contributed by atoms with Gasteiger partial charge < -0.3 is 4.74 Å². The van der Waals surface area contributed by atoms with Gasteiger partial charge in [-0.05, 0) is 5.92 Å². The molecular weight excluding hydrogens is 160 g/mol. The Morgan fingerprint density at radius 3 is 2.55 bits per heavy atom. The highest BCUT2D eigenvalue weighted by Gasteiger charge is 2.15. The van der Waals surface area contributed by atoms with Crippen molar-refractivity contribution in [3.63, 3.8) is 0 Å². The topological polar surface area (TPSA) is 26.3 Å². The Kier molecular flexibility index (Phi) is 5.38. The zero-order valence-corrected chi connectivity index (χ0v) is 8.23. The Bertz CT molecular complexity index is 125. The summed E-state index contributed by atoms with van der Waals surface area (Å²) in [6.07, 6.45) is 1.46. The van der Waals surface area contributed by atoms with E-state index in [4.69, 9.17) is 0 Å². The number of carbonyl (C=O) groups is 1. The highest BCUT2D eigenvalue weighted by atomic mass is 32.1. The minimum atomic E-state index is -0.176. The molecule has 0 aliphatic heterocycles. The lowest BCUT2D eigenvalue weighted by Crippen LogP contribution is -2.16. The van der Waals surface area contributed by atoms with E-state index in [1.54, 1.807) is 0 Å². The summed E-state index contributed by atoms with van der Waals surface area (Å²) >= 11 is 4.30. The first-order valence-corrected chi connectivity index (χ1v) is 4.38. The Balaban J connectivity index is 3.67. The lowest BCUT2D eigenvalue weighted by Gasteiger charge is -2.15. The van der Waals surface area contributed by atoms with Crippen LogP contribution in [0.1, 0.15) is 26.7 Å². The minimum Gasteiger partial charge on any atom is -0.469 e. The van der Waals surface area contributed by atoms with Gasteiger partial charge in [0.2, 0.25) is 0 Å². The maximum Gasteiger partial charge on any atom is 0.306 e. The van der Waals surface area contributed by atoms with E-state index in [-0.39, 0.29) is 11.2 Å². The predicted octanol–water partition coefficient (Wildman–Crippen LogP) is 1.89. The van der Waals surface area contributed by atoms with E-state index < -0.39 is 0 Å². The van der Waals surface area contributed by atoms with Crippen LogP contribution in [-0.2, 0) is 9.53 Å². The normalized spacial score (nSPS) is 15.6. The molecule has 0 aromatic carbocycles. The molecule has 0 bridgehead atoms. The third kappa shape index (κ3) is 4.30. The average Bonchev–Trinajstić information content (AvgIpc) is 2.02. The van der Waals surface area contributed by atoms with E-state index >= 15 is 0 Å². The Morgan fingerprint density at radius 2 is 2.18 bits per heavy atom. The standard InChI is InChI=1S/C8H16O2S/c1-4-6(2)7(11)5-8(9)10-3/h6-7,11H,4-5H2,1-3H3. The molecule has 3 heteroatoms. The van der Waals surface area contributed by atoms with Gasteiger partial charge in [0.15, 0.2) is 0 Å². The molecule has 0 amide bonds. The summed E-state index contributed by atoms with van der Waals surface area (Å²) in [4.78, 5) is 10.8. The van der Waals surface area contributed by atoms with Crippen molar-refractivity contribution >= 4 is 18.6 Å². The molecule has 0 aromatic rings. The maximum atomic E-state index is 10.8. The minimum absolute atomic E-state index is 0.132. The van der Waals surface area contributed by atoms with Crippen molar-refractivity contribution < 1.29 is 9.53 Å². The van der Waals surface area contributed by atoms with E-state index in [1.807, 2.05) is 0 Å². The van der Waals surface area contributed by atoms with Crippen LogP contribution in [0.15, 0.2) is 0 Å². The van der Waals surface area contributed by atoms with E-state index in [2.05, 4.69) is 31.2 Å². The number of rotatable bonds is 4. The Morgan fingerprint density at radius 1 is 1.64 bits per heavy atom. The van der Waals surface area contributed by atoms with Crippen LogP contribution < -0.4 is 0 Å². The van der Waals surface area contributed by atoms with Gasteiger partial charge in [0.25, 0.3) is 0 Å². The van der Waals surface area contributed by atoms with Crippen LogP contribution in [-0.4, -0.2) is 18.3 Å². The van der Waals surface area contributed by atoms with E-state index in [1.165, 1.54) is 7.11 Å². The summed E-state index contributed by atoms with van der Waals surface area (Å²) in [7, 11) is 1.40. The van der Waals surface area contributed by atoms with Crippen LogP contribution in [0.25, 0.3) is 0 Å². The second-order valence-corrected chi connectivity index (χ2v) is 3.40. The largest absolute Gasteiger partial charge is 0.469 e. The molecule has 0 radical (unpaired) electrons. The molecule has 0 N–H and O–H groups in total. The molecule has 2 atom stereocenters. The molecule has 11 heavy (non-hydrogen) atoms. The molecule has 0 aliphatic rings. The highest BCUT2D eigenvalue weighted by Crippen LogP contribution is 2.16. The fourth-order valence-electron chi connectivity index (χ4n) is 0.727. The molecule has 0 rings (SSSR count). The average molecular weight is 176 g/mol. The van der Waals surface area contributed by atoms with Gasteiger partial charge in [-0.25, -0.2) is 0 Å². The van der Waals surface area contributed by atoms with Crippen LogP contribution in [0.3, 0.4) is 0 Å². The summed E-state index contributed by atoms with van der Waals surface area (Å²) in [6.45, 7) is 4.17. The summed E-state index contributed by atoms with van der Waals surface area (Å²) in [5.41, 5.74) is 0. The van der Waals surface area contributed by atoms with Crippen molar-refractivity contribution in [2.75, 3.05) is 7.11 Å². The zero-order valence-electron chi connectivity index (χ0n) is 7.33. The fourth-order valence-corrected chi connectivity index (χ4v) is 1.09. The molecule has 0 aliphatic carbocycles. The van der Waals surface area contributed by atoms with Gasteiger partial charge in [-0.1, -0.05) is 20.3 Å². The SMILES string of the molecule is CCC(C)C(S)CC(=O)OC. The van der Waals surface area contributed by atoms with Gasteiger partial charge >= 0.3 is 5.97 Å². The first-order chi connectivity index (χ1) is 5.11. The summed E-state index contributed by atoms with van der Waals surface area (Å²) in [6, 6.07) is 0. The summed E-state index contributed by atoms with van der Waals surface area (Å²) in [5.74, 6) is 0.294. The maximum absolute atomic E-state index is 10.8. The smallest absolute Gasteiger partial charge is 0.306 e. The second-order valence-electron chi connectivity index (χ2n) is 2.73. The molecule has 0 saturated heterocycles. The van der Waals surface area contributed by atoms with E-state index in [0.717, 1.165) is 6.42 Å². The molecule has 2 nitrogen and oxygen atoms in total. The Hall–Kier alpha value is -0.180. The van der Waals surface area contributed by atoms with Gasteiger partial charge in [-0.3, -0.25) is 4.79 Å². The number of methoxy groups -OCH3 is 1. The predicted molar refractivity (Wildman–Crippen MR) is 48.9 cm³/mol. The molecule has 0 aromatic heterocycles. The number of esters is 1. The van der Waals surface area contributed by atoms with Gasteiger partial charge in [-0.15, -0.1) is 0 Å². The monoisotopic (exact) mass is 176 g/mol. The van der Waals surface area contributed by atoms with Crippen LogP contribution in [0.4, 0.5) is 0 Å². The van der Waals surface area contributed by atoms with Gasteiger partial charge in [0, 0.05) is 5.25 Å². The number of hydrogen-bond acceptors (Lipinski definition) is 3. The van der Waals surface area contributed by atoms with E-state index in [0.29, 0.717) is 12.3 Å². The van der Waals surface area contributed by atoms with Crippen LogP contribution >= 0.6 is 12.6 Å². The third-order valence-corrected chi connectivity index (χ3v) is 2.60. The van der Waals surface area contributed by atoms with Crippen LogP contribution in [0.5, 0.6) is 0 Å². The highest BCUT2D eigenvalue weighted by molar-refractivity contribution is 7.81. The second kappa shape index (κ2) is 5.47. The van der Waals surface area contributed by atoms with Crippen molar-refractivity contribution in [3.8, 4) is 0 Å². The van der Waals surface area contributed by atoms with Crippen LogP contribution in [0, 0.1) is 5.92 Å².